The van der Waals surface area contributed by atoms with Crippen LogP contribution in [-0.4, -0.2) is 70.6 Å². The van der Waals surface area contributed by atoms with Gasteiger partial charge >= 0.3 is 0 Å². The molecule has 2 aliphatic heterocycles. The highest BCUT2D eigenvalue weighted by atomic mass is 16.5. The standard InChI is InChI=1S/C24H28N4O4/c1-16-8-10-25-21(12-16)32-19-13-20(23(29)26-31)22(27(2)15-19)24(30)28-11-9-18(14-28)17-6-4-3-5-7-17/h3-10,12,19-20,22,31H,11,13-15H2,1-2H3,(H,26,29)/t19-,20-,22-/m0/s1. The van der Waals surface area contributed by atoms with E-state index >= 15 is 0 Å². The summed E-state index contributed by atoms with van der Waals surface area (Å²) in [6, 6.07) is 13.0. The fraction of sp³-hybridized carbons (Fsp3) is 0.375. The monoisotopic (exact) mass is 436 g/mol. The number of piperidine rings is 1. The van der Waals surface area contributed by atoms with Gasteiger partial charge in [-0.1, -0.05) is 36.4 Å². The molecule has 1 aromatic carbocycles. The van der Waals surface area contributed by atoms with E-state index in [9.17, 15) is 14.8 Å². The number of hydrogen-bond donors (Lipinski definition) is 2. The number of amides is 2. The zero-order chi connectivity index (χ0) is 22.7. The van der Waals surface area contributed by atoms with Gasteiger partial charge in [-0.05, 0) is 43.2 Å². The lowest BCUT2D eigenvalue weighted by atomic mass is 9.86. The molecule has 32 heavy (non-hydrogen) atoms. The number of ether oxygens (including phenoxy) is 1. The van der Waals surface area contributed by atoms with Gasteiger partial charge in [-0.15, -0.1) is 0 Å². The average Bonchev–Trinajstić information content (AvgIpc) is 3.29. The normalized spacial score (nSPS) is 23.5. The van der Waals surface area contributed by atoms with Crippen molar-refractivity contribution >= 4 is 17.4 Å². The van der Waals surface area contributed by atoms with E-state index < -0.39 is 17.9 Å². The molecule has 1 fully saturated rings. The van der Waals surface area contributed by atoms with Crippen molar-refractivity contribution in [2.24, 2.45) is 5.92 Å². The van der Waals surface area contributed by atoms with E-state index in [1.54, 1.807) is 23.6 Å². The maximum Gasteiger partial charge on any atom is 0.248 e. The summed E-state index contributed by atoms with van der Waals surface area (Å²) in [4.78, 5) is 33.8. The lowest BCUT2D eigenvalue weighted by molar-refractivity contribution is -0.150. The molecule has 0 saturated carbocycles. The third-order valence-electron chi connectivity index (χ3n) is 6.12. The molecule has 0 bridgehead atoms. The Morgan fingerprint density at radius 1 is 1.22 bits per heavy atom. The molecule has 8 heteroatoms. The number of carbonyl (C=O) groups excluding carboxylic acids is 2. The molecule has 0 aliphatic carbocycles. The van der Waals surface area contributed by atoms with Crippen LogP contribution in [0.2, 0.25) is 0 Å². The summed E-state index contributed by atoms with van der Waals surface area (Å²) in [5.74, 6) is -0.985. The minimum atomic E-state index is -0.748. The molecule has 1 aromatic heterocycles. The molecule has 2 amide bonds. The summed E-state index contributed by atoms with van der Waals surface area (Å²) in [5.41, 5.74) is 4.94. The first-order valence-corrected chi connectivity index (χ1v) is 10.7. The Morgan fingerprint density at radius 2 is 2.00 bits per heavy atom. The van der Waals surface area contributed by atoms with Gasteiger partial charge in [0.05, 0.1) is 5.92 Å². The van der Waals surface area contributed by atoms with Crippen LogP contribution in [0.15, 0.2) is 54.7 Å². The van der Waals surface area contributed by atoms with E-state index in [-0.39, 0.29) is 12.0 Å². The van der Waals surface area contributed by atoms with Gasteiger partial charge in [-0.25, -0.2) is 10.5 Å². The number of pyridine rings is 1. The summed E-state index contributed by atoms with van der Waals surface area (Å²) in [7, 11) is 1.81. The molecule has 0 spiro atoms. The number of aromatic nitrogens is 1. The zero-order valence-electron chi connectivity index (χ0n) is 18.3. The molecule has 2 N–H and O–H groups in total. The number of benzene rings is 1. The fourth-order valence-electron chi connectivity index (χ4n) is 4.52. The van der Waals surface area contributed by atoms with E-state index in [0.717, 1.165) is 16.7 Å². The summed E-state index contributed by atoms with van der Waals surface area (Å²) in [6.07, 6.45) is 3.69. The Hall–Kier alpha value is -3.23. The van der Waals surface area contributed by atoms with Gasteiger partial charge in [0, 0.05) is 31.9 Å². The summed E-state index contributed by atoms with van der Waals surface area (Å²) < 4.78 is 6.01. The highest BCUT2D eigenvalue weighted by Gasteiger charge is 2.45. The molecule has 2 aromatic rings. The Morgan fingerprint density at radius 3 is 2.72 bits per heavy atom. The molecule has 168 valence electrons. The van der Waals surface area contributed by atoms with E-state index in [1.807, 2.05) is 60.4 Å². The van der Waals surface area contributed by atoms with E-state index in [2.05, 4.69) is 4.98 Å². The quantitative estimate of drug-likeness (QED) is 0.549. The van der Waals surface area contributed by atoms with Crippen molar-refractivity contribution in [2.45, 2.75) is 25.5 Å². The summed E-state index contributed by atoms with van der Waals surface area (Å²) in [5, 5.41) is 9.33. The van der Waals surface area contributed by atoms with Crippen molar-refractivity contribution < 1.29 is 19.5 Å². The molecule has 3 atom stereocenters. The van der Waals surface area contributed by atoms with Gasteiger partial charge in [0.25, 0.3) is 0 Å². The average molecular weight is 437 g/mol. The van der Waals surface area contributed by atoms with Gasteiger partial charge in [-0.2, -0.15) is 0 Å². The maximum absolute atomic E-state index is 13.5. The summed E-state index contributed by atoms with van der Waals surface area (Å²) >= 11 is 0. The third-order valence-corrected chi connectivity index (χ3v) is 6.12. The molecule has 8 nitrogen and oxygen atoms in total. The SMILES string of the molecule is Cc1ccnc(O[C@H]2C[C@H](C(=O)NO)[C@@H](C(=O)N3CC=C(c4ccccc4)C3)N(C)C2)c1. The van der Waals surface area contributed by atoms with Crippen LogP contribution in [-0.2, 0) is 9.59 Å². The number of carbonyl (C=O) groups is 2. The highest BCUT2D eigenvalue weighted by Crippen LogP contribution is 2.29. The van der Waals surface area contributed by atoms with Crippen LogP contribution in [0.5, 0.6) is 5.88 Å². The lowest BCUT2D eigenvalue weighted by Gasteiger charge is -2.41. The van der Waals surface area contributed by atoms with E-state index in [4.69, 9.17) is 4.74 Å². The smallest absolute Gasteiger partial charge is 0.248 e. The number of hydrogen-bond acceptors (Lipinski definition) is 6. The molecular formula is C24H28N4O4. The first-order valence-electron chi connectivity index (χ1n) is 10.7. The highest BCUT2D eigenvalue weighted by molar-refractivity contribution is 5.91. The number of nitrogens with zero attached hydrogens (tertiary/aromatic N) is 3. The number of hydroxylamine groups is 1. The van der Waals surface area contributed by atoms with Crippen LogP contribution in [0.25, 0.3) is 5.57 Å². The van der Waals surface area contributed by atoms with Gasteiger partial charge in [0.15, 0.2) is 0 Å². The van der Waals surface area contributed by atoms with Gasteiger partial charge in [-0.3, -0.25) is 19.7 Å². The second-order valence-electron chi connectivity index (χ2n) is 8.43. The molecule has 0 radical (unpaired) electrons. The van der Waals surface area contributed by atoms with Crippen LogP contribution in [0.1, 0.15) is 17.5 Å². The number of rotatable bonds is 5. The second-order valence-corrected chi connectivity index (χ2v) is 8.43. The third kappa shape index (κ3) is 4.66. The molecule has 4 rings (SSSR count). The van der Waals surface area contributed by atoms with Gasteiger partial charge in [0.2, 0.25) is 17.7 Å². The number of likely N-dealkylation sites (N-methyl/N-ethyl adjacent to an activating group) is 1. The van der Waals surface area contributed by atoms with Crippen LogP contribution in [0.4, 0.5) is 0 Å². The molecule has 1 saturated heterocycles. The molecule has 3 heterocycles. The molecule has 2 aliphatic rings. The van der Waals surface area contributed by atoms with E-state index in [1.165, 1.54) is 0 Å². The topological polar surface area (TPSA) is 95.0 Å². The Bertz CT molecular complexity index is 1010. The Kier molecular flexibility index (Phi) is 6.53. The van der Waals surface area contributed by atoms with Crippen LogP contribution >= 0.6 is 0 Å². The van der Waals surface area contributed by atoms with Crippen molar-refractivity contribution in [3.05, 3.63) is 65.9 Å². The Balaban J connectivity index is 1.48. The largest absolute Gasteiger partial charge is 0.473 e. The first kappa shape index (κ1) is 22.0. The number of aryl methyl sites for hydroxylation is 1. The molecule has 0 unspecified atom stereocenters. The first-order chi connectivity index (χ1) is 15.5. The fourth-order valence-corrected chi connectivity index (χ4v) is 4.52. The predicted molar refractivity (Wildman–Crippen MR) is 119 cm³/mol. The van der Waals surface area contributed by atoms with E-state index in [0.29, 0.717) is 31.9 Å². The minimum absolute atomic E-state index is 0.129. The lowest BCUT2D eigenvalue weighted by Crippen LogP contribution is -2.60. The van der Waals surface area contributed by atoms with Crippen molar-refractivity contribution in [3.8, 4) is 5.88 Å². The van der Waals surface area contributed by atoms with Gasteiger partial charge < -0.3 is 9.64 Å². The minimum Gasteiger partial charge on any atom is -0.473 e. The zero-order valence-corrected chi connectivity index (χ0v) is 18.3. The number of likely N-dealkylation sites (tertiary alicyclic amines) is 1. The van der Waals surface area contributed by atoms with Crippen molar-refractivity contribution in [1.82, 2.24) is 20.3 Å². The predicted octanol–water partition coefficient (Wildman–Crippen LogP) is 1.89. The van der Waals surface area contributed by atoms with Crippen molar-refractivity contribution in [3.63, 3.8) is 0 Å². The van der Waals surface area contributed by atoms with Crippen LogP contribution in [0, 0.1) is 12.8 Å². The van der Waals surface area contributed by atoms with Crippen LogP contribution < -0.4 is 10.2 Å². The van der Waals surface area contributed by atoms with Gasteiger partial charge in [0.1, 0.15) is 12.1 Å². The Labute approximate surface area is 187 Å². The maximum atomic E-state index is 13.5. The number of nitrogens with one attached hydrogen (secondary N) is 1. The second kappa shape index (κ2) is 9.50. The van der Waals surface area contributed by atoms with Crippen molar-refractivity contribution in [1.29, 1.82) is 0 Å². The van der Waals surface area contributed by atoms with Crippen molar-refractivity contribution in [2.75, 3.05) is 26.7 Å². The molecular weight excluding hydrogens is 408 g/mol. The summed E-state index contributed by atoms with van der Waals surface area (Å²) in [6.45, 7) is 3.40. The van der Waals surface area contributed by atoms with Crippen LogP contribution in [0.3, 0.4) is 0 Å².